The first kappa shape index (κ1) is 15.3. The topological polar surface area (TPSA) is 73.2 Å². The van der Waals surface area contributed by atoms with Gasteiger partial charge in [0.2, 0.25) is 0 Å². The van der Waals surface area contributed by atoms with Gasteiger partial charge in [0.25, 0.3) is 11.5 Å². The second-order valence-electron chi connectivity index (χ2n) is 5.60. The predicted octanol–water partition coefficient (Wildman–Crippen LogP) is 1.56. The molecule has 1 aliphatic carbocycles. The molecule has 0 saturated heterocycles. The van der Waals surface area contributed by atoms with Gasteiger partial charge in [-0.05, 0) is 37.1 Å². The van der Waals surface area contributed by atoms with Crippen LogP contribution in [0.25, 0.3) is 0 Å². The van der Waals surface area contributed by atoms with Gasteiger partial charge in [-0.1, -0.05) is 0 Å². The lowest BCUT2D eigenvalue weighted by molar-refractivity contribution is 0.0952. The molecule has 1 fully saturated rings. The quantitative estimate of drug-likeness (QED) is 0.878. The minimum absolute atomic E-state index is 0.0689. The highest BCUT2D eigenvalue weighted by Crippen LogP contribution is 2.38. The Hall–Kier alpha value is -2.63. The minimum Gasteiger partial charge on any atom is -0.497 e. The molecule has 1 aliphatic rings. The normalized spacial score (nSPS) is 13.6. The number of hydrogen-bond acceptors (Lipinski definition) is 4. The standard InChI is InChI=1S/C17H19N3O3/c1-23-14-6-4-13(5-7-14)17(22)18-8-9-20-11-19-15(10-16(20)21)12-2-3-12/h4-7,10-12H,2-3,8-9H2,1H3,(H,18,22). The molecule has 0 unspecified atom stereocenters. The van der Waals surface area contributed by atoms with Gasteiger partial charge in [-0.3, -0.25) is 14.2 Å². The number of nitrogens with zero attached hydrogens (tertiary/aromatic N) is 2. The maximum Gasteiger partial charge on any atom is 0.253 e. The van der Waals surface area contributed by atoms with E-state index in [4.69, 9.17) is 4.74 Å². The summed E-state index contributed by atoms with van der Waals surface area (Å²) < 4.78 is 6.57. The lowest BCUT2D eigenvalue weighted by Gasteiger charge is -2.08. The van der Waals surface area contributed by atoms with Crippen molar-refractivity contribution in [3.63, 3.8) is 0 Å². The van der Waals surface area contributed by atoms with E-state index in [0.717, 1.165) is 18.5 Å². The van der Waals surface area contributed by atoms with Crippen molar-refractivity contribution in [2.45, 2.75) is 25.3 Å². The van der Waals surface area contributed by atoms with E-state index in [1.54, 1.807) is 43.8 Å². The van der Waals surface area contributed by atoms with Crippen molar-refractivity contribution in [2.24, 2.45) is 0 Å². The zero-order valence-corrected chi connectivity index (χ0v) is 13.0. The van der Waals surface area contributed by atoms with Crippen LogP contribution in [0.2, 0.25) is 0 Å². The molecule has 0 atom stereocenters. The Balaban J connectivity index is 1.54. The van der Waals surface area contributed by atoms with Crippen LogP contribution in [0.4, 0.5) is 0 Å². The van der Waals surface area contributed by atoms with E-state index in [9.17, 15) is 9.59 Å². The van der Waals surface area contributed by atoms with Crippen LogP contribution in [-0.4, -0.2) is 29.1 Å². The van der Waals surface area contributed by atoms with Gasteiger partial charge in [0.15, 0.2) is 0 Å². The van der Waals surface area contributed by atoms with Crippen LogP contribution in [0.5, 0.6) is 5.75 Å². The molecule has 1 aromatic heterocycles. The number of ether oxygens (including phenoxy) is 1. The van der Waals surface area contributed by atoms with E-state index < -0.39 is 0 Å². The highest BCUT2D eigenvalue weighted by atomic mass is 16.5. The molecule has 1 saturated carbocycles. The fourth-order valence-electron chi connectivity index (χ4n) is 2.34. The van der Waals surface area contributed by atoms with Crippen LogP contribution in [-0.2, 0) is 6.54 Å². The number of nitrogens with one attached hydrogen (secondary N) is 1. The number of benzene rings is 1. The third-order valence-corrected chi connectivity index (χ3v) is 3.89. The predicted molar refractivity (Wildman–Crippen MR) is 85.8 cm³/mol. The van der Waals surface area contributed by atoms with E-state index in [1.165, 1.54) is 4.57 Å². The van der Waals surface area contributed by atoms with Gasteiger partial charge in [-0.2, -0.15) is 0 Å². The summed E-state index contributed by atoms with van der Waals surface area (Å²) >= 11 is 0. The van der Waals surface area contributed by atoms with Crippen molar-refractivity contribution in [1.82, 2.24) is 14.9 Å². The summed E-state index contributed by atoms with van der Waals surface area (Å²) in [6.07, 6.45) is 3.80. The molecule has 6 nitrogen and oxygen atoms in total. The van der Waals surface area contributed by atoms with Gasteiger partial charge in [-0.15, -0.1) is 0 Å². The molecule has 1 aromatic carbocycles. The highest BCUT2D eigenvalue weighted by molar-refractivity contribution is 5.94. The van der Waals surface area contributed by atoms with Crippen LogP contribution in [0.3, 0.4) is 0 Å². The summed E-state index contributed by atoms with van der Waals surface area (Å²) in [6, 6.07) is 8.47. The van der Waals surface area contributed by atoms with Gasteiger partial charge >= 0.3 is 0 Å². The first-order valence-corrected chi connectivity index (χ1v) is 7.66. The van der Waals surface area contributed by atoms with E-state index in [1.807, 2.05) is 0 Å². The summed E-state index contributed by atoms with van der Waals surface area (Å²) in [5, 5.41) is 2.79. The average molecular weight is 313 g/mol. The fraction of sp³-hybridized carbons (Fsp3) is 0.353. The number of amides is 1. The van der Waals surface area contributed by atoms with E-state index >= 15 is 0 Å². The van der Waals surface area contributed by atoms with Gasteiger partial charge in [0.05, 0.1) is 19.1 Å². The maximum absolute atomic E-state index is 12.0. The van der Waals surface area contributed by atoms with Crippen molar-refractivity contribution < 1.29 is 9.53 Å². The number of carbonyl (C=O) groups excluding carboxylic acids is 1. The summed E-state index contributed by atoms with van der Waals surface area (Å²) in [6.45, 7) is 0.772. The number of hydrogen-bond donors (Lipinski definition) is 1. The Morgan fingerprint density at radius 3 is 2.70 bits per heavy atom. The number of aromatic nitrogens is 2. The Bertz CT molecular complexity index is 748. The second-order valence-corrected chi connectivity index (χ2v) is 5.60. The Kier molecular flexibility index (Phi) is 4.41. The van der Waals surface area contributed by atoms with Crippen molar-refractivity contribution in [3.05, 3.63) is 58.3 Å². The molecule has 23 heavy (non-hydrogen) atoms. The molecule has 0 radical (unpaired) electrons. The summed E-state index contributed by atoms with van der Waals surface area (Å²) in [5.74, 6) is 0.991. The largest absolute Gasteiger partial charge is 0.497 e. The smallest absolute Gasteiger partial charge is 0.253 e. The van der Waals surface area contributed by atoms with Gasteiger partial charge in [0.1, 0.15) is 5.75 Å². The molecule has 3 rings (SSSR count). The Morgan fingerprint density at radius 1 is 1.35 bits per heavy atom. The lowest BCUT2D eigenvalue weighted by atomic mass is 10.2. The lowest BCUT2D eigenvalue weighted by Crippen LogP contribution is -2.31. The van der Waals surface area contributed by atoms with Gasteiger partial charge in [-0.25, -0.2) is 4.98 Å². The molecule has 6 heteroatoms. The molecular weight excluding hydrogens is 294 g/mol. The molecule has 2 aromatic rings. The molecule has 1 N–H and O–H groups in total. The zero-order chi connectivity index (χ0) is 16.2. The molecule has 1 heterocycles. The molecule has 120 valence electrons. The SMILES string of the molecule is COc1ccc(C(=O)NCCn2cnc(C3CC3)cc2=O)cc1. The van der Waals surface area contributed by atoms with Crippen LogP contribution in [0.1, 0.15) is 34.8 Å². The van der Waals surface area contributed by atoms with Crippen LogP contribution in [0.15, 0.2) is 41.5 Å². The number of rotatable bonds is 6. The fourth-order valence-corrected chi connectivity index (χ4v) is 2.34. The molecule has 0 spiro atoms. The average Bonchev–Trinajstić information content (AvgIpc) is 3.41. The summed E-state index contributed by atoms with van der Waals surface area (Å²) in [4.78, 5) is 28.3. The minimum atomic E-state index is -0.178. The first-order chi connectivity index (χ1) is 11.2. The summed E-state index contributed by atoms with van der Waals surface area (Å²) in [7, 11) is 1.58. The van der Waals surface area contributed by atoms with E-state index in [2.05, 4.69) is 10.3 Å². The van der Waals surface area contributed by atoms with Crippen molar-refractivity contribution in [1.29, 1.82) is 0 Å². The third kappa shape index (κ3) is 3.77. The van der Waals surface area contributed by atoms with Crippen LogP contribution < -0.4 is 15.6 Å². The summed E-state index contributed by atoms with van der Waals surface area (Å²) in [5.41, 5.74) is 1.37. The van der Waals surface area contributed by atoms with E-state index in [0.29, 0.717) is 30.3 Å². The van der Waals surface area contributed by atoms with Crippen LogP contribution in [0, 0.1) is 0 Å². The molecule has 1 amide bonds. The third-order valence-electron chi connectivity index (χ3n) is 3.89. The Labute approximate surface area is 134 Å². The monoisotopic (exact) mass is 313 g/mol. The van der Waals surface area contributed by atoms with Gasteiger partial charge in [0, 0.05) is 30.6 Å². The van der Waals surface area contributed by atoms with Gasteiger partial charge < -0.3 is 10.1 Å². The van der Waals surface area contributed by atoms with Crippen molar-refractivity contribution in [3.8, 4) is 5.75 Å². The molecule has 0 aliphatic heterocycles. The second kappa shape index (κ2) is 6.64. The Morgan fingerprint density at radius 2 is 2.09 bits per heavy atom. The van der Waals surface area contributed by atoms with Crippen molar-refractivity contribution in [2.75, 3.05) is 13.7 Å². The molecule has 0 bridgehead atoms. The van der Waals surface area contributed by atoms with Crippen LogP contribution >= 0.6 is 0 Å². The van der Waals surface area contributed by atoms with E-state index in [-0.39, 0.29) is 11.5 Å². The highest BCUT2D eigenvalue weighted by Gasteiger charge is 2.25. The molecular formula is C17H19N3O3. The zero-order valence-electron chi connectivity index (χ0n) is 13.0. The maximum atomic E-state index is 12.0. The first-order valence-electron chi connectivity index (χ1n) is 7.66. The number of methoxy groups -OCH3 is 1. The van der Waals surface area contributed by atoms with Crippen molar-refractivity contribution >= 4 is 5.91 Å². The number of carbonyl (C=O) groups is 1.